The maximum atomic E-state index is 5.93. The van der Waals surface area contributed by atoms with E-state index in [0.717, 1.165) is 69.6 Å². The molecular weight excluding hydrogens is 380 g/mol. The quantitative estimate of drug-likeness (QED) is 0.290. The van der Waals surface area contributed by atoms with Gasteiger partial charge >= 0.3 is 0 Å². The Hall–Kier alpha value is -1.83. The van der Waals surface area contributed by atoms with Gasteiger partial charge in [0.25, 0.3) is 0 Å². The summed E-state index contributed by atoms with van der Waals surface area (Å²) in [5.74, 6) is 1.74. The molecule has 0 atom stereocenters. The molecule has 2 rings (SSSR count). The van der Waals surface area contributed by atoms with Crippen molar-refractivity contribution in [3.8, 4) is 5.75 Å². The van der Waals surface area contributed by atoms with Crippen LogP contribution < -0.4 is 15.4 Å². The summed E-state index contributed by atoms with van der Waals surface area (Å²) in [6.07, 6.45) is 2.31. The molecule has 7 heteroatoms. The van der Waals surface area contributed by atoms with Gasteiger partial charge < -0.3 is 24.8 Å². The summed E-state index contributed by atoms with van der Waals surface area (Å²) in [5.41, 5.74) is 2.26. The number of aryl methyl sites for hydroxylation is 1. The summed E-state index contributed by atoms with van der Waals surface area (Å²) in [4.78, 5) is 7.24. The predicted molar refractivity (Wildman–Crippen MR) is 122 cm³/mol. The Kier molecular flexibility index (Phi) is 12.3. The van der Waals surface area contributed by atoms with E-state index in [1.165, 1.54) is 12.0 Å². The van der Waals surface area contributed by atoms with Gasteiger partial charge in [0.05, 0.1) is 26.4 Å². The molecule has 1 aliphatic heterocycles. The lowest BCUT2D eigenvalue weighted by Gasteiger charge is -2.26. The zero-order valence-electron chi connectivity index (χ0n) is 19.0. The number of guanidine groups is 1. The minimum atomic E-state index is 0.551. The van der Waals surface area contributed by atoms with Crippen LogP contribution in [0.3, 0.4) is 0 Å². The van der Waals surface area contributed by atoms with Crippen molar-refractivity contribution in [2.75, 3.05) is 65.8 Å². The predicted octanol–water partition coefficient (Wildman–Crippen LogP) is 2.58. The van der Waals surface area contributed by atoms with Gasteiger partial charge in [0.1, 0.15) is 12.4 Å². The van der Waals surface area contributed by atoms with Gasteiger partial charge in [-0.1, -0.05) is 12.1 Å². The minimum absolute atomic E-state index is 0.551. The van der Waals surface area contributed by atoms with Gasteiger partial charge in [-0.25, -0.2) is 4.99 Å². The van der Waals surface area contributed by atoms with Crippen LogP contribution in [0.1, 0.15) is 37.8 Å². The first kappa shape index (κ1) is 24.4. The average molecular weight is 421 g/mol. The lowest BCUT2D eigenvalue weighted by molar-refractivity contribution is 0.0372. The molecule has 0 amide bonds. The van der Waals surface area contributed by atoms with Crippen LogP contribution in [-0.4, -0.2) is 76.6 Å². The molecule has 1 heterocycles. The molecule has 0 bridgehead atoms. The molecule has 170 valence electrons. The topological polar surface area (TPSA) is 67.4 Å². The third-order valence-corrected chi connectivity index (χ3v) is 4.96. The highest BCUT2D eigenvalue weighted by Crippen LogP contribution is 2.21. The molecule has 30 heavy (non-hydrogen) atoms. The van der Waals surface area contributed by atoms with Gasteiger partial charge in [-0.15, -0.1) is 0 Å². The second-order valence-corrected chi connectivity index (χ2v) is 7.44. The largest absolute Gasteiger partial charge is 0.491 e. The molecule has 1 aliphatic rings. The van der Waals surface area contributed by atoms with Gasteiger partial charge in [-0.05, 0) is 51.8 Å². The van der Waals surface area contributed by atoms with Gasteiger partial charge in [0.2, 0.25) is 0 Å². The van der Waals surface area contributed by atoms with Crippen LogP contribution in [0, 0.1) is 6.92 Å². The van der Waals surface area contributed by atoms with E-state index in [4.69, 9.17) is 19.2 Å². The number of morpholine rings is 1. The van der Waals surface area contributed by atoms with Crippen LogP contribution in [0.4, 0.5) is 0 Å². The van der Waals surface area contributed by atoms with Crippen molar-refractivity contribution in [3.05, 3.63) is 29.3 Å². The summed E-state index contributed by atoms with van der Waals surface area (Å²) in [6.45, 7) is 15.3. The molecule has 1 aromatic carbocycles. The molecule has 0 unspecified atom stereocenters. The Morgan fingerprint density at radius 1 is 1.13 bits per heavy atom. The molecule has 0 spiro atoms. The normalized spacial score (nSPS) is 15.2. The number of nitrogens with one attached hydrogen (secondary N) is 2. The second kappa shape index (κ2) is 15.0. The summed E-state index contributed by atoms with van der Waals surface area (Å²) in [5, 5.41) is 6.79. The number of aliphatic imine (C=N–C) groups is 1. The SMILES string of the molecule is CCNC(=NCc1ccc(C)cc1OCCOCC)NCCCCN1CCOCC1. The molecule has 1 aromatic rings. The molecule has 0 saturated carbocycles. The molecule has 7 nitrogen and oxygen atoms in total. The van der Waals surface area contributed by atoms with Crippen LogP contribution in [0.2, 0.25) is 0 Å². The lowest BCUT2D eigenvalue weighted by atomic mass is 10.1. The van der Waals surface area contributed by atoms with E-state index in [1.807, 2.05) is 6.92 Å². The van der Waals surface area contributed by atoms with Gasteiger partial charge in [-0.2, -0.15) is 0 Å². The summed E-state index contributed by atoms with van der Waals surface area (Å²) >= 11 is 0. The molecule has 2 N–H and O–H groups in total. The first-order valence-electron chi connectivity index (χ1n) is 11.3. The third kappa shape index (κ3) is 9.78. The fourth-order valence-corrected chi connectivity index (χ4v) is 3.28. The van der Waals surface area contributed by atoms with Crippen LogP contribution in [0.5, 0.6) is 5.75 Å². The van der Waals surface area contributed by atoms with E-state index >= 15 is 0 Å². The van der Waals surface area contributed by atoms with E-state index in [1.54, 1.807) is 0 Å². The number of unbranched alkanes of at least 4 members (excludes halogenated alkanes) is 1. The number of benzene rings is 1. The van der Waals surface area contributed by atoms with Crippen LogP contribution in [0.15, 0.2) is 23.2 Å². The van der Waals surface area contributed by atoms with Gasteiger partial charge in [0.15, 0.2) is 5.96 Å². The molecular formula is C23H40N4O3. The third-order valence-electron chi connectivity index (χ3n) is 4.96. The first-order valence-corrected chi connectivity index (χ1v) is 11.3. The van der Waals surface area contributed by atoms with Crippen LogP contribution in [-0.2, 0) is 16.0 Å². The fourth-order valence-electron chi connectivity index (χ4n) is 3.28. The minimum Gasteiger partial charge on any atom is -0.491 e. The van der Waals surface area contributed by atoms with Crippen molar-refractivity contribution in [1.82, 2.24) is 15.5 Å². The summed E-state index contributed by atoms with van der Waals surface area (Å²) in [6, 6.07) is 6.27. The number of ether oxygens (including phenoxy) is 3. The van der Waals surface area contributed by atoms with Crippen molar-refractivity contribution in [1.29, 1.82) is 0 Å². The summed E-state index contributed by atoms with van der Waals surface area (Å²) < 4.78 is 16.7. The van der Waals surface area contributed by atoms with Crippen molar-refractivity contribution in [2.45, 2.75) is 40.2 Å². The first-order chi connectivity index (χ1) is 14.7. The Bertz CT molecular complexity index is 618. The second-order valence-electron chi connectivity index (χ2n) is 7.44. The van der Waals surface area contributed by atoms with Crippen molar-refractivity contribution >= 4 is 5.96 Å². The summed E-state index contributed by atoms with van der Waals surface area (Å²) in [7, 11) is 0. The molecule has 0 radical (unpaired) electrons. The van der Waals surface area contributed by atoms with Gasteiger partial charge in [-0.3, -0.25) is 4.90 Å². The highest BCUT2D eigenvalue weighted by atomic mass is 16.5. The highest BCUT2D eigenvalue weighted by molar-refractivity contribution is 5.79. The van der Waals surface area contributed by atoms with E-state index in [9.17, 15) is 0 Å². The Balaban J connectivity index is 1.79. The van der Waals surface area contributed by atoms with Crippen LogP contribution >= 0.6 is 0 Å². The zero-order chi connectivity index (χ0) is 21.4. The van der Waals surface area contributed by atoms with Crippen molar-refractivity contribution < 1.29 is 14.2 Å². The van der Waals surface area contributed by atoms with E-state index < -0.39 is 0 Å². The number of nitrogens with zero attached hydrogens (tertiary/aromatic N) is 2. The molecule has 0 aliphatic carbocycles. The molecule has 1 fully saturated rings. The Labute approximate surface area is 182 Å². The molecule has 1 saturated heterocycles. The van der Waals surface area contributed by atoms with Crippen molar-refractivity contribution in [2.24, 2.45) is 4.99 Å². The number of rotatable bonds is 13. The monoisotopic (exact) mass is 420 g/mol. The maximum Gasteiger partial charge on any atom is 0.191 e. The maximum absolute atomic E-state index is 5.93. The van der Waals surface area contributed by atoms with Crippen LogP contribution in [0.25, 0.3) is 0 Å². The van der Waals surface area contributed by atoms with Gasteiger partial charge in [0, 0.05) is 38.3 Å². The average Bonchev–Trinajstić information content (AvgIpc) is 2.76. The molecule has 0 aromatic heterocycles. The van der Waals surface area contributed by atoms with E-state index in [0.29, 0.717) is 26.4 Å². The smallest absolute Gasteiger partial charge is 0.191 e. The van der Waals surface area contributed by atoms with Crippen molar-refractivity contribution in [3.63, 3.8) is 0 Å². The lowest BCUT2D eigenvalue weighted by Crippen LogP contribution is -2.39. The standard InChI is InChI=1S/C23H40N4O3/c1-4-24-23(25-10-6-7-11-27-12-14-29-15-13-27)26-19-21-9-8-20(3)18-22(21)30-17-16-28-5-2/h8-9,18H,4-7,10-17,19H2,1-3H3,(H2,24,25,26). The Morgan fingerprint density at radius 3 is 2.73 bits per heavy atom. The zero-order valence-corrected chi connectivity index (χ0v) is 19.0. The highest BCUT2D eigenvalue weighted by Gasteiger charge is 2.09. The van der Waals surface area contributed by atoms with E-state index in [2.05, 4.69) is 47.6 Å². The Morgan fingerprint density at radius 2 is 1.97 bits per heavy atom. The number of hydrogen-bond acceptors (Lipinski definition) is 5. The number of hydrogen-bond donors (Lipinski definition) is 2. The fraction of sp³-hybridized carbons (Fsp3) is 0.696. The van der Waals surface area contributed by atoms with E-state index in [-0.39, 0.29) is 0 Å².